The summed E-state index contributed by atoms with van der Waals surface area (Å²) in [5.41, 5.74) is 0. The maximum absolute atomic E-state index is 14.2. The third-order valence-corrected chi connectivity index (χ3v) is 26.6. The van der Waals surface area contributed by atoms with E-state index in [0.29, 0.717) is 5.75 Å². The molecule has 0 bridgehead atoms. The maximum atomic E-state index is 14.2. The molecule has 1 unspecified atom stereocenters. The lowest BCUT2D eigenvalue weighted by Crippen LogP contribution is -3.61. The second-order valence-electron chi connectivity index (χ2n) is 4.66. The van der Waals surface area contributed by atoms with E-state index >= 15 is 0 Å². The lowest BCUT2D eigenvalue weighted by molar-refractivity contribution is -0.597. The lowest BCUT2D eigenvalue weighted by Gasteiger charge is -2.21. The Kier molecular flexibility index (Phi) is 6.64. The van der Waals surface area contributed by atoms with Gasteiger partial charge in [0.1, 0.15) is 5.75 Å². The van der Waals surface area contributed by atoms with E-state index in [-0.39, 0.29) is 4.90 Å². The second kappa shape index (κ2) is 7.63. The third kappa shape index (κ3) is 4.66. The quantitative estimate of drug-likeness (QED) is 0.225. The van der Waals surface area contributed by atoms with Crippen LogP contribution in [0.25, 0.3) is 0 Å². The van der Waals surface area contributed by atoms with Crippen LogP contribution in [0.4, 0.5) is 19.4 Å². The van der Waals surface area contributed by atoms with Crippen LogP contribution in [0.3, 0.4) is 0 Å². The Morgan fingerprint density at radius 2 is 1.27 bits per heavy atom. The first kappa shape index (κ1) is 22.6. The summed E-state index contributed by atoms with van der Waals surface area (Å²) in [6.45, 7) is -5.67. The molecule has 1 atom stereocenters. The molecular weight excluding hydrogens is 586 g/mol. The lowest BCUT2D eigenvalue weighted by atomic mass is 10.3. The minimum absolute atomic E-state index is 0.244. The van der Waals surface area contributed by atoms with E-state index in [9.17, 15) is 19.4 Å². The summed E-state index contributed by atoms with van der Waals surface area (Å²) in [4.78, 5) is -0.244. The average Bonchev–Trinajstić information content (AvgIpc) is 2.54. The molecule has 2 aromatic carbocycles. The van der Waals surface area contributed by atoms with Crippen LogP contribution >= 0.6 is 0 Å². The van der Waals surface area contributed by atoms with E-state index in [0.717, 1.165) is 7.14 Å². The highest BCUT2D eigenvalue weighted by Crippen LogP contribution is 2.46. The van der Waals surface area contributed by atoms with Crippen molar-refractivity contribution in [3.05, 3.63) is 55.7 Å². The van der Waals surface area contributed by atoms with Crippen molar-refractivity contribution in [1.29, 1.82) is 0 Å². The molecule has 0 aliphatic carbocycles. The first-order chi connectivity index (χ1) is 11.7. The van der Waals surface area contributed by atoms with Gasteiger partial charge >= 0.3 is 30.5 Å². The molecule has 0 heterocycles. The summed E-state index contributed by atoms with van der Waals surface area (Å²) in [6, 6.07) is 12.9. The number of halogens is 6. The van der Waals surface area contributed by atoms with Crippen LogP contribution in [-0.4, -0.2) is 7.11 Å². The van der Waals surface area contributed by atoms with Crippen LogP contribution in [0.15, 0.2) is 53.4 Å². The zero-order valence-electron chi connectivity index (χ0n) is 12.7. The van der Waals surface area contributed by atoms with Gasteiger partial charge in [0, 0.05) is 11.1 Å². The normalized spacial score (nSPS) is 16.3. The molecule has 0 radical (unpaired) electrons. The Morgan fingerprint density at radius 1 is 0.846 bits per heavy atom. The number of rotatable bonds is 5. The van der Waals surface area contributed by atoms with Crippen molar-refractivity contribution >= 4 is 55.6 Å². The van der Waals surface area contributed by atoms with E-state index in [1.54, 1.807) is 19.2 Å². The molecule has 26 heavy (non-hydrogen) atoms. The van der Waals surface area contributed by atoms with Gasteiger partial charge in [-0.25, -0.2) is 0 Å². The van der Waals surface area contributed by atoms with Gasteiger partial charge in [-0.2, -0.15) is 0 Å². The Labute approximate surface area is 172 Å². The van der Waals surface area contributed by atoms with Gasteiger partial charge in [0.2, 0.25) is 0 Å². The van der Waals surface area contributed by atoms with E-state index < -0.39 is 43.2 Å². The fourth-order valence-electron chi connectivity index (χ4n) is 1.67. The Hall–Kier alpha value is 0.330. The number of hydrogen-bond donors (Lipinski definition) is 0. The summed E-state index contributed by atoms with van der Waals surface area (Å²) >= 11 is 12.7. The van der Waals surface area contributed by atoms with Crippen molar-refractivity contribution in [3.63, 3.8) is 0 Å². The van der Waals surface area contributed by atoms with Crippen molar-refractivity contribution in [2.75, 3.05) is 7.11 Å². The van der Waals surface area contributed by atoms with Crippen LogP contribution < -0.4 is 25.9 Å². The zero-order chi connectivity index (χ0) is 19.8. The van der Waals surface area contributed by atoms with Crippen molar-refractivity contribution in [2.24, 2.45) is 0 Å². The number of ether oxygens (including phenoxy) is 1. The van der Waals surface area contributed by atoms with Crippen LogP contribution in [0.1, 0.15) is 0 Å². The molecule has 0 aliphatic heterocycles. The Balaban J connectivity index is 2.38. The first-order valence-corrected chi connectivity index (χ1v) is 17.2. The smallest absolute Gasteiger partial charge is 0.357 e. The molecule has 2 aromatic rings. The Morgan fingerprint density at radius 3 is 1.65 bits per heavy atom. The molecule has 0 fully saturated rings. The maximum Gasteiger partial charge on any atom is 0.357 e. The zero-order valence-corrected chi connectivity index (χ0v) is 19.8. The second-order valence-corrected chi connectivity index (χ2v) is 25.0. The van der Waals surface area contributed by atoms with Crippen LogP contribution in [0, 0.1) is 7.14 Å². The van der Waals surface area contributed by atoms with Crippen LogP contribution in [0.2, 0.25) is 0 Å². The average molecular weight is 598 g/mol. The van der Waals surface area contributed by atoms with Crippen molar-refractivity contribution in [2.45, 2.75) is 4.90 Å². The van der Waals surface area contributed by atoms with Gasteiger partial charge in [-0.3, -0.25) is 0 Å². The molecule has 0 spiro atoms. The first-order valence-electron chi connectivity index (χ1n) is 6.44. The molecule has 0 amide bonds. The van der Waals surface area contributed by atoms with E-state index in [2.05, 4.69) is 33.6 Å². The van der Waals surface area contributed by atoms with Crippen LogP contribution in [-0.2, 0) is 55.6 Å². The van der Waals surface area contributed by atoms with E-state index in [4.69, 9.17) is 4.74 Å². The van der Waals surface area contributed by atoms with Gasteiger partial charge in [0.05, 0.1) is 7.11 Å². The molecule has 0 N–H and O–H groups in total. The summed E-state index contributed by atoms with van der Waals surface area (Å²) in [6.07, 6.45) is -4.01. The highest BCUT2D eigenvalue weighted by molar-refractivity contribution is 9.13. The van der Waals surface area contributed by atoms with Gasteiger partial charge in [0.25, 0.3) is 0 Å². The van der Waals surface area contributed by atoms with Gasteiger partial charge in [-0.1, -0.05) is 15.5 Å². The molecular formula is C13H11F5IOS6+. The summed E-state index contributed by atoms with van der Waals surface area (Å²) < 4.78 is 73.3. The summed E-state index contributed by atoms with van der Waals surface area (Å²) in [5, 5.41) is 0. The highest BCUT2D eigenvalue weighted by Gasteiger charge is 2.44. The predicted octanol–water partition coefficient (Wildman–Crippen LogP) is 1.82. The third-order valence-electron chi connectivity index (χ3n) is 2.93. The van der Waals surface area contributed by atoms with E-state index in [1.807, 2.05) is 12.1 Å². The number of hydrogen-bond acceptors (Lipinski definition) is 4. The molecule has 0 saturated carbocycles. The monoisotopic (exact) mass is 597 g/mol. The SMILES string of the molecule is COc1ccc([I+]c2ccc(S(=S)(=S)S(F)(=S)=S(F)(F)(F)F)cc2)cc1. The van der Waals surface area contributed by atoms with Crippen LogP contribution in [0.5, 0.6) is 5.75 Å². The molecule has 146 valence electrons. The van der Waals surface area contributed by atoms with Gasteiger partial charge in [-0.15, -0.1) is 3.89 Å². The topological polar surface area (TPSA) is 9.23 Å². The number of benzene rings is 2. The fraction of sp³-hybridized carbons (Fsp3) is 0.0769. The predicted molar refractivity (Wildman–Crippen MR) is 105 cm³/mol. The number of methoxy groups -OCH3 is 1. The summed E-state index contributed by atoms with van der Waals surface area (Å²) in [5.74, 6) is 0.710. The van der Waals surface area contributed by atoms with Crippen molar-refractivity contribution < 1.29 is 45.4 Å². The summed E-state index contributed by atoms with van der Waals surface area (Å²) in [7, 11) is -6.89. The molecule has 0 saturated heterocycles. The van der Waals surface area contributed by atoms with Gasteiger partial charge in [-0.05, 0) is 82.1 Å². The molecule has 1 nitrogen and oxygen atoms in total. The molecule has 0 aliphatic rings. The molecule has 2 rings (SSSR count). The highest BCUT2D eigenvalue weighted by atomic mass is 127. The standard InChI is InChI=1S/C13H11F5IOS6/c1-20-12-6-2-10(3-7-12)19-11-4-8-13(9-5-11)24(21,22)25(14,23)26(15,16,17)18/h2-9H,1H3/q+1. The van der Waals surface area contributed by atoms with Crippen molar-refractivity contribution in [1.82, 2.24) is 0 Å². The van der Waals surface area contributed by atoms with E-state index in [1.165, 1.54) is 24.3 Å². The minimum atomic E-state index is -8.44. The van der Waals surface area contributed by atoms with Crippen molar-refractivity contribution in [3.8, 4) is 5.75 Å². The molecule has 0 aromatic heterocycles. The van der Waals surface area contributed by atoms with Gasteiger partial charge in [0.15, 0.2) is 13.7 Å². The molecule has 13 heteroatoms. The van der Waals surface area contributed by atoms with Gasteiger partial charge < -0.3 is 4.74 Å². The Bertz CT molecular complexity index is 1060. The minimum Gasteiger partial charge on any atom is -0.497 e. The largest absolute Gasteiger partial charge is 0.497 e. The fourth-order valence-corrected chi connectivity index (χ4v) is 15.7.